The number of amides is 3. The van der Waals surface area contributed by atoms with E-state index in [0.717, 1.165) is 5.69 Å². The van der Waals surface area contributed by atoms with Crippen molar-refractivity contribution in [3.63, 3.8) is 0 Å². The molecule has 2 aromatic rings. The number of nitrogens with one attached hydrogen (secondary N) is 1. The topological polar surface area (TPSA) is 61.9 Å². The Bertz CT molecular complexity index is 733. The fraction of sp³-hybridized carbons (Fsp3) is 0.222. The maximum absolute atomic E-state index is 12.5. The molecule has 24 heavy (non-hydrogen) atoms. The van der Waals surface area contributed by atoms with Gasteiger partial charge in [-0.25, -0.2) is 4.79 Å². The van der Waals surface area contributed by atoms with E-state index in [9.17, 15) is 9.59 Å². The third-order valence-corrected chi connectivity index (χ3v) is 3.91. The minimum absolute atomic E-state index is 0.0384. The van der Waals surface area contributed by atoms with Crippen LogP contribution in [-0.4, -0.2) is 43.6 Å². The number of hydrogen-bond donors (Lipinski definition) is 1. The SMILES string of the molecule is COc1ccccc1N1CCN(C(=O)Nc2ccccc2)CC1=O. The largest absolute Gasteiger partial charge is 0.495 e. The van der Waals surface area contributed by atoms with Crippen LogP contribution in [0.15, 0.2) is 54.6 Å². The number of ether oxygens (including phenoxy) is 1. The van der Waals surface area contributed by atoms with E-state index in [1.54, 1.807) is 12.0 Å². The van der Waals surface area contributed by atoms with Crippen LogP contribution in [0.1, 0.15) is 0 Å². The molecule has 3 amide bonds. The number of rotatable bonds is 3. The molecule has 0 aliphatic carbocycles. The summed E-state index contributed by atoms with van der Waals surface area (Å²) in [4.78, 5) is 28.0. The van der Waals surface area contributed by atoms with Crippen LogP contribution in [0, 0.1) is 0 Å². The second kappa shape index (κ2) is 7.04. The summed E-state index contributed by atoms with van der Waals surface area (Å²) >= 11 is 0. The Kier molecular flexibility index (Phi) is 4.65. The van der Waals surface area contributed by atoms with E-state index in [2.05, 4.69) is 5.32 Å². The highest BCUT2D eigenvalue weighted by Gasteiger charge is 2.29. The standard InChI is InChI=1S/C18H19N3O3/c1-24-16-10-6-5-9-15(16)21-12-11-20(13-17(21)22)18(23)19-14-7-3-2-4-8-14/h2-10H,11-13H2,1H3,(H,19,23). The molecule has 1 fully saturated rings. The van der Waals surface area contributed by atoms with E-state index in [1.165, 1.54) is 4.90 Å². The average Bonchev–Trinajstić information content (AvgIpc) is 2.62. The van der Waals surface area contributed by atoms with Gasteiger partial charge < -0.3 is 19.9 Å². The summed E-state index contributed by atoms with van der Waals surface area (Å²) < 4.78 is 5.31. The lowest BCUT2D eigenvalue weighted by molar-refractivity contribution is -0.120. The summed E-state index contributed by atoms with van der Waals surface area (Å²) in [5, 5.41) is 2.80. The molecule has 1 saturated heterocycles. The first kappa shape index (κ1) is 15.9. The van der Waals surface area contributed by atoms with Crippen LogP contribution < -0.4 is 15.0 Å². The zero-order chi connectivity index (χ0) is 16.9. The molecule has 1 N–H and O–H groups in total. The van der Waals surface area contributed by atoms with E-state index in [4.69, 9.17) is 4.74 Å². The van der Waals surface area contributed by atoms with Crippen LogP contribution in [0.2, 0.25) is 0 Å². The molecule has 0 bridgehead atoms. The summed E-state index contributed by atoms with van der Waals surface area (Å²) in [6.45, 7) is 0.931. The predicted octanol–water partition coefficient (Wildman–Crippen LogP) is 2.58. The molecule has 0 radical (unpaired) electrons. The van der Waals surface area contributed by atoms with Crippen molar-refractivity contribution in [1.29, 1.82) is 0 Å². The lowest BCUT2D eigenvalue weighted by Gasteiger charge is -2.34. The lowest BCUT2D eigenvalue weighted by Crippen LogP contribution is -2.53. The molecule has 1 aliphatic rings. The van der Waals surface area contributed by atoms with Gasteiger partial charge in [-0.2, -0.15) is 0 Å². The van der Waals surface area contributed by atoms with Gasteiger partial charge >= 0.3 is 6.03 Å². The average molecular weight is 325 g/mol. The van der Waals surface area contributed by atoms with Gasteiger partial charge in [0.15, 0.2) is 0 Å². The van der Waals surface area contributed by atoms with Crippen LogP contribution in [0.3, 0.4) is 0 Å². The smallest absolute Gasteiger partial charge is 0.322 e. The van der Waals surface area contributed by atoms with Crippen molar-refractivity contribution in [1.82, 2.24) is 4.90 Å². The maximum atomic E-state index is 12.5. The summed E-state index contributed by atoms with van der Waals surface area (Å²) in [6.07, 6.45) is 0. The molecule has 6 nitrogen and oxygen atoms in total. The minimum atomic E-state index is -0.269. The molecule has 0 unspecified atom stereocenters. The van der Waals surface area contributed by atoms with Crippen molar-refractivity contribution in [3.8, 4) is 5.75 Å². The first-order valence-electron chi connectivity index (χ1n) is 7.73. The normalized spacial score (nSPS) is 14.5. The number of piperazine rings is 1. The molecule has 124 valence electrons. The number of anilines is 2. The molecular weight excluding hydrogens is 306 g/mol. The second-order valence-electron chi connectivity index (χ2n) is 5.43. The highest BCUT2D eigenvalue weighted by molar-refractivity contribution is 6.00. The first-order valence-corrected chi connectivity index (χ1v) is 7.73. The fourth-order valence-electron chi connectivity index (χ4n) is 2.68. The van der Waals surface area contributed by atoms with Gasteiger partial charge in [-0.05, 0) is 24.3 Å². The number of para-hydroxylation sites is 3. The molecule has 0 spiro atoms. The van der Waals surface area contributed by atoms with E-state index in [1.807, 2.05) is 54.6 Å². The Morgan fingerprint density at radius 3 is 2.46 bits per heavy atom. The quantitative estimate of drug-likeness (QED) is 0.943. The van der Waals surface area contributed by atoms with Gasteiger partial charge in [-0.15, -0.1) is 0 Å². The Labute approximate surface area is 140 Å². The van der Waals surface area contributed by atoms with Crippen molar-refractivity contribution in [2.45, 2.75) is 0 Å². The molecule has 1 aliphatic heterocycles. The number of carbonyl (C=O) groups excluding carboxylic acids is 2. The first-order chi connectivity index (χ1) is 11.7. The highest BCUT2D eigenvalue weighted by atomic mass is 16.5. The second-order valence-corrected chi connectivity index (χ2v) is 5.43. The number of hydrogen-bond acceptors (Lipinski definition) is 3. The third-order valence-electron chi connectivity index (χ3n) is 3.91. The van der Waals surface area contributed by atoms with Gasteiger partial charge in [-0.1, -0.05) is 30.3 Å². The Morgan fingerprint density at radius 1 is 1.04 bits per heavy atom. The fourth-order valence-corrected chi connectivity index (χ4v) is 2.68. The molecule has 2 aromatic carbocycles. The van der Waals surface area contributed by atoms with Crippen LogP contribution in [-0.2, 0) is 4.79 Å². The molecule has 0 atom stereocenters. The zero-order valence-electron chi connectivity index (χ0n) is 13.4. The Balaban J connectivity index is 1.67. The third kappa shape index (κ3) is 3.32. The van der Waals surface area contributed by atoms with Crippen LogP contribution in [0.5, 0.6) is 5.75 Å². The van der Waals surface area contributed by atoms with Gasteiger partial charge in [0.25, 0.3) is 0 Å². The zero-order valence-corrected chi connectivity index (χ0v) is 13.4. The monoisotopic (exact) mass is 325 g/mol. The van der Waals surface area contributed by atoms with Crippen LogP contribution in [0.25, 0.3) is 0 Å². The lowest BCUT2D eigenvalue weighted by atomic mass is 10.2. The highest BCUT2D eigenvalue weighted by Crippen LogP contribution is 2.28. The number of benzene rings is 2. The minimum Gasteiger partial charge on any atom is -0.495 e. The van der Waals surface area contributed by atoms with E-state index < -0.39 is 0 Å². The Hall–Kier alpha value is -3.02. The van der Waals surface area contributed by atoms with Gasteiger partial charge in [-0.3, -0.25) is 4.79 Å². The van der Waals surface area contributed by atoms with Crippen molar-refractivity contribution in [2.24, 2.45) is 0 Å². The van der Waals surface area contributed by atoms with Crippen molar-refractivity contribution in [2.75, 3.05) is 37.0 Å². The summed E-state index contributed by atoms with van der Waals surface area (Å²) in [5.41, 5.74) is 1.44. The van der Waals surface area contributed by atoms with Gasteiger partial charge in [0.2, 0.25) is 5.91 Å². The number of urea groups is 1. The summed E-state index contributed by atoms with van der Waals surface area (Å²) in [7, 11) is 1.58. The number of methoxy groups -OCH3 is 1. The molecule has 6 heteroatoms. The number of carbonyl (C=O) groups is 2. The summed E-state index contributed by atoms with van der Waals surface area (Å²) in [6, 6.07) is 16.3. The summed E-state index contributed by atoms with van der Waals surface area (Å²) in [5.74, 6) is 0.516. The van der Waals surface area contributed by atoms with Crippen molar-refractivity contribution in [3.05, 3.63) is 54.6 Å². The van der Waals surface area contributed by atoms with E-state index >= 15 is 0 Å². The molecule has 0 aromatic heterocycles. The van der Waals surface area contributed by atoms with E-state index in [-0.39, 0.29) is 18.5 Å². The van der Waals surface area contributed by atoms with Gasteiger partial charge in [0.05, 0.1) is 12.8 Å². The molecule has 0 saturated carbocycles. The van der Waals surface area contributed by atoms with Crippen LogP contribution in [0.4, 0.5) is 16.2 Å². The Morgan fingerprint density at radius 2 is 1.75 bits per heavy atom. The van der Waals surface area contributed by atoms with E-state index in [0.29, 0.717) is 24.5 Å². The van der Waals surface area contributed by atoms with Gasteiger partial charge in [0, 0.05) is 18.8 Å². The van der Waals surface area contributed by atoms with Crippen molar-refractivity contribution < 1.29 is 14.3 Å². The maximum Gasteiger partial charge on any atom is 0.322 e. The number of nitrogens with zero attached hydrogens (tertiary/aromatic N) is 2. The molecule has 3 rings (SSSR count). The molecular formula is C18H19N3O3. The van der Waals surface area contributed by atoms with Gasteiger partial charge in [0.1, 0.15) is 12.3 Å². The predicted molar refractivity (Wildman–Crippen MR) is 92.4 cm³/mol. The molecule has 1 heterocycles. The van der Waals surface area contributed by atoms with Crippen molar-refractivity contribution >= 4 is 23.3 Å². The van der Waals surface area contributed by atoms with Crippen LogP contribution >= 0.6 is 0 Å².